The summed E-state index contributed by atoms with van der Waals surface area (Å²) in [5, 5.41) is 19.8. The quantitative estimate of drug-likeness (QED) is 0.797. The smallest absolute Gasteiger partial charge is 0.162 e. The highest BCUT2D eigenvalue weighted by Gasteiger charge is 2.20. The Hall–Kier alpha value is -2.33. The van der Waals surface area contributed by atoms with E-state index in [1.54, 1.807) is 18.2 Å². The van der Waals surface area contributed by atoms with Gasteiger partial charge in [-0.25, -0.2) is 0 Å². The van der Waals surface area contributed by atoms with Crippen LogP contribution in [0.5, 0.6) is 11.5 Å². The molecule has 0 aliphatic heterocycles. The van der Waals surface area contributed by atoms with Gasteiger partial charge < -0.3 is 14.9 Å². The Morgan fingerprint density at radius 2 is 1.68 bits per heavy atom. The second-order valence-electron chi connectivity index (χ2n) is 5.26. The maximum atomic E-state index is 12.2. The fourth-order valence-corrected chi connectivity index (χ4v) is 2.40. The largest absolute Gasteiger partial charge is 0.507 e. The standard InChI is InChI=1S/C18H20O4/c1-12-6-8-13(9-7-12)14(19)10-11-17(22-2)18-15(20)4-3-5-16(18)21/h3-9,17,20-21H,10-11H2,1-2H3. The first-order valence-corrected chi connectivity index (χ1v) is 7.16. The third-order valence-corrected chi connectivity index (χ3v) is 3.67. The molecule has 2 aromatic rings. The number of rotatable bonds is 6. The molecule has 4 heteroatoms. The van der Waals surface area contributed by atoms with Gasteiger partial charge in [0.15, 0.2) is 5.78 Å². The number of aryl methyl sites for hydroxylation is 1. The average molecular weight is 300 g/mol. The van der Waals surface area contributed by atoms with E-state index >= 15 is 0 Å². The van der Waals surface area contributed by atoms with Gasteiger partial charge in [-0.3, -0.25) is 4.79 Å². The van der Waals surface area contributed by atoms with Crippen LogP contribution in [0, 0.1) is 6.92 Å². The molecular formula is C18H20O4. The lowest BCUT2D eigenvalue weighted by Gasteiger charge is -2.17. The summed E-state index contributed by atoms with van der Waals surface area (Å²) in [4.78, 5) is 12.2. The van der Waals surface area contributed by atoms with Crippen molar-refractivity contribution in [3.05, 3.63) is 59.2 Å². The lowest BCUT2D eigenvalue weighted by molar-refractivity contribution is 0.0790. The van der Waals surface area contributed by atoms with Crippen molar-refractivity contribution in [1.29, 1.82) is 0 Å². The molecule has 2 N–H and O–H groups in total. The number of carbonyl (C=O) groups is 1. The van der Waals surface area contributed by atoms with E-state index in [1.165, 1.54) is 19.2 Å². The molecule has 0 saturated heterocycles. The minimum atomic E-state index is -0.532. The van der Waals surface area contributed by atoms with E-state index in [0.29, 0.717) is 17.5 Å². The van der Waals surface area contributed by atoms with E-state index in [-0.39, 0.29) is 23.7 Å². The number of ether oxygens (including phenoxy) is 1. The van der Waals surface area contributed by atoms with E-state index in [2.05, 4.69) is 0 Å². The summed E-state index contributed by atoms with van der Waals surface area (Å²) >= 11 is 0. The molecule has 1 unspecified atom stereocenters. The van der Waals surface area contributed by atoms with Crippen LogP contribution in [0.1, 0.15) is 40.4 Å². The molecule has 2 rings (SSSR count). The highest BCUT2D eigenvalue weighted by molar-refractivity contribution is 5.96. The van der Waals surface area contributed by atoms with Crippen LogP contribution in [0.4, 0.5) is 0 Å². The van der Waals surface area contributed by atoms with E-state index < -0.39 is 6.10 Å². The van der Waals surface area contributed by atoms with Crippen molar-refractivity contribution in [3.63, 3.8) is 0 Å². The molecule has 0 aromatic heterocycles. The maximum Gasteiger partial charge on any atom is 0.162 e. The van der Waals surface area contributed by atoms with Crippen LogP contribution in [-0.4, -0.2) is 23.1 Å². The normalized spacial score (nSPS) is 12.1. The van der Waals surface area contributed by atoms with Crippen LogP contribution in [0.3, 0.4) is 0 Å². The van der Waals surface area contributed by atoms with Crippen LogP contribution >= 0.6 is 0 Å². The summed E-state index contributed by atoms with van der Waals surface area (Å²) in [6, 6.07) is 11.9. The monoisotopic (exact) mass is 300 g/mol. The Morgan fingerprint density at radius 3 is 2.23 bits per heavy atom. The van der Waals surface area contributed by atoms with Crippen molar-refractivity contribution in [2.45, 2.75) is 25.9 Å². The molecule has 4 nitrogen and oxygen atoms in total. The van der Waals surface area contributed by atoms with Crippen molar-refractivity contribution >= 4 is 5.78 Å². The Kier molecular flexibility index (Phi) is 5.17. The Morgan fingerprint density at radius 1 is 1.09 bits per heavy atom. The fraction of sp³-hybridized carbons (Fsp3) is 0.278. The molecule has 0 heterocycles. The Bertz CT molecular complexity index is 626. The van der Waals surface area contributed by atoms with E-state index in [4.69, 9.17) is 4.74 Å². The van der Waals surface area contributed by atoms with Gasteiger partial charge >= 0.3 is 0 Å². The molecule has 1 atom stereocenters. The zero-order valence-corrected chi connectivity index (χ0v) is 12.7. The number of Topliss-reactive ketones (excluding diaryl/α,β-unsaturated/α-hetero) is 1. The van der Waals surface area contributed by atoms with Crippen molar-refractivity contribution in [2.24, 2.45) is 0 Å². The third kappa shape index (κ3) is 3.65. The number of carbonyl (C=O) groups excluding carboxylic acids is 1. The molecular weight excluding hydrogens is 280 g/mol. The third-order valence-electron chi connectivity index (χ3n) is 3.67. The van der Waals surface area contributed by atoms with E-state index in [1.807, 2.05) is 19.1 Å². The zero-order valence-electron chi connectivity index (χ0n) is 12.7. The molecule has 0 aliphatic rings. The molecule has 0 spiro atoms. The van der Waals surface area contributed by atoms with Crippen molar-refractivity contribution in [2.75, 3.05) is 7.11 Å². The van der Waals surface area contributed by atoms with Gasteiger partial charge in [0, 0.05) is 19.1 Å². The topological polar surface area (TPSA) is 66.8 Å². The number of phenolic OH excluding ortho intramolecular Hbond substituents is 2. The second kappa shape index (κ2) is 7.09. The fourth-order valence-electron chi connectivity index (χ4n) is 2.40. The van der Waals surface area contributed by atoms with Crippen LogP contribution < -0.4 is 0 Å². The lowest BCUT2D eigenvalue weighted by atomic mass is 9.98. The van der Waals surface area contributed by atoms with Crippen LogP contribution in [-0.2, 0) is 4.74 Å². The molecule has 0 amide bonds. The van der Waals surface area contributed by atoms with Gasteiger partial charge in [-0.1, -0.05) is 35.9 Å². The summed E-state index contributed by atoms with van der Waals surface area (Å²) in [6.45, 7) is 1.97. The van der Waals surface area contributed by atoms with Gasteiger partial charge in [-0.05, 0) is 25.5 Å². The molecule has 22 heavy (non-hydrogen) atoms. The second-order valence-corrected chi connectivity index (χ2v) is 5.26. The van der Waals surface area contributed by atoms with Crippen LogP contribution in [0.25, 0.3) is 0 Å². The van der Waals surface area contributed by atoms with Gasteiger partial charge in [0.1, 0.15) is 11.5 Å². The summed E-state index contributed by atoms with van der Waals surface area (Å²) in [6.07, 6.45) is 0.125. The van der Waals surface area contributed by atoms with Crippen LogP contribution in [0.15, 0.2) is 42.5 Å². The Balaban J connectivity index is 2.08. The number of aromatic hydroxyl groups is 2. The molecule has 0 bridgehead atoms. The Labute approximate surface area is 130 Å². The SMILES string of the molecule is COC(CCC(=O)c1ccc(C)cc1)c1c(O)cccc1O. The van der Waals surface area contributed by atoms with Gasteiger partial charge in [0.25, 0.3) is 0 Å². The van der Waals surface area contributed by atoms with E-state index in [0.717, 1.165) is 5.56 Å². The number of methoxy groups -OCH3 is 1. The molecule has 0 saturated carbocycles. The van der Waals surface area contributed by atoms with Crippen LogP contribution in [0.2, 0.25) is 0 Å². The minimum absolute atomic E-state index is 0.0111. The predicted molar refractivity (Wildman–Crippen MR) is 84.3 cm³/mol. The highest BCUT2D eigenvalue weighted by Crippen LogP contribution is 2.36. The average Bonchev–Trinajstić information content (AvgIpc) is 2.50. The molecule has 0 fully saturated rings. The molecule has 0 aliphatic carbocycles. The molecule has 116 valence electrons. The summed E-state index contributed by atoms with van der Waals surface area (Å²) in [5.41, 5.74) is 2.08. The van der Waals surface area contributed by atoms with Gasteiger partial charge in [-0.2, -0.15) is 0 Å². The predicted octanol–water partition coefficient (Wildman–Crippen LogP) is 3.76. The van der Waals surface area contributed by atoms with Crippen molar-refractivity contribution in [1.82, 2.24) is 0 Å². The van der Waals surface area contributed by atoms with Gasteiger partial charge in [-0.15, -0.1) is 0 Å². The first kappa shape index (κ1) is 16.0. The highest BCUT2D eigenvalue weighted by atomic mass is 16.5. The van der Waals surface area contributed by atoms with Gasteiger partial charge in [0.05, 0.1) is 11.7 Å². The number of hydrogen-bond donors (Lipinski definition) is 2. The molecule has 2 aromatic carbocycles. The van der Waals surface area contributed by atoms with E-state index in [9.17, 15) is 15.0 Å². The van der Waals surface area contributed by atoms with Gasteiger partial charge in [0.2, 0.25) is 0 Å². The number of ketones is 1. The number of hydrogen-bond acceptors (Lipinski definition) is 4. The summed E-state index contributed by atoms with van der Waals surface area (Å²) in [5.74, 6) is -0.0544. The van der Waals surface area contributed by atoms with Crippen molar-refractivity contribution < 1.29 is 19.7 Å². The number of benzene rings is 2. The summed E-state index contributed by atoms with van der Waals surface area (Å²) < 4.78 is 5.33. The first-order valence-electron chi connectivity index (χ1n) is 7.16. The zero-order chi connectivity index (χ0) is 16.1. The van der Waals surface area contributed by atoms with Crippen molar-refractivity contribution in [3.8, 4) is 11.5 Å². The first-order chi connectivity index (χ1) is 10.5. The number of phenols is 2. The summed E-state index contributed by atoms with van der Waals surface area (Å²) in [7, 11) is 1.49. The maximum absolute atomic E-state index is 12.2. The lowest BCUT2D eigenvalue weighted by Crippen LogP contribution is -2.07. The molecule has 0 radical (unpaired) electrons. The minimum Gasteiger partial charge on any atom is -0.507 e.